The highest BCUT2D eigenvalue weighted by atomic mass is 16.1. The number of nitrogens with one attached hydrogen (secondary N) is 1. The van der Waals surface area contributed by atoms with E-state index in [4.69, 9.17) is 4.98 Å². The van der Waals surface area contributed by atoms with Crippen LogP contribution in [0.3, 0.4) is 0 Å². The number of hydrogen-bond acceptors (Lipinski definition) is 4. The summed E-state index contributed by atoms with van der Waals surface area (Å²) in [4.78, 5) is 17.8. The molecule has 0 aliphatic heterocycles. The average molecular weight is 352 g/mol. The Bertz CT molecular complexity index is 910. The van der Waals surface area contributed by atoms with Crippen molar-refractivity contribution < 1.29 is 4.79 Å². The zero-order valence-electron chi connectivity index (χ0n) is 15.2. The molecule has 0 unspecified atom stereocenters. The Morgan fingerprint density at radius 2 is 2.23 bits per heavy atom. The summed E-state index contributed by atoms with van der Waals surface area (Å²) in [5.74, 6) is 0.410. The van der Waals surface area contributed by atoms with Crippen molar-refractivity contribution in [2.75, 3.05) is 0 Å². The second kappa shape index (κ2) is 6.90. The quantitative estimate of drug-likeness (QED) is 0.709. The summed E-state index contributed by atoms with van der Waals surface area (Å²) in [7, 11) is 0. The van der Waals surface area contributed by atoms with Crippen LogP contribution in [0.25, 0.3) is 11.0 Å². The van der Waals surface area contributed by atoms with Gasteiger partial charge in [0.2, 0.25) is 0 Å². The van der Waals surface area contributed by atoms with Crippen molar-refractivity contribution in [1.82, 2.24) is 29.9 Å². The van der Waals surface area contributed by atoms with Crippen LogP contribution in [0.4, 0.5) is 0 Å². The molecule has 3 aromatic rings. The number of aryl methyl sites for hydroxylation is 1. The molecular formula is C19H24N6O. The van der Waals surface area contributed by atoms with E-state index in [0.717, 1.165) is 42.5 Å². The lowest BCUT2D eigenvalue weighted by Gasteiger charge is -2.15. The standard InChI is InChI=1S/C19H24N6O/c1-3-8-25-18-16(11-21-25)15(10-17(23-18)14-5-6-14)19(26)22-13(2)12-24-9-4-7-20-24/h4,7,9-11,13-14H,3,5-6,8,12H2,1-2H3,(H,22,26)/t13-/m0/s1. The lowest BCUT2D eigenvalue weighted by Crippen LogP contribution is -2.36. The SMILES string of the molecule is CCCn1ncc2c(C(=O)N[C@@H](C)Cn3cccn3)cc(C3CC3)nc21. The topological polar surface area (TPSA) is 77.6 Å². The molecule has 1 aliphatic rings. The Balaban J connectivity index is 1.62. The highest BCUT2D eigenvalue weighted by Gasteiger charge is 2.28. The fraction of sp³-hybridized carbons (Fsp3) is 0.474. The van der Waals surface area contributed by atoms with Crippen molar-refractivity contribution in [2.45, 2.75) is 58.2 Å². The normalized spacial score (nSPS) is 15.3. The maximum Gasteiger partial charge on any atom is 0.252 e. The molecule has 26 heavy (non-hydrogen) atoms. The van der Waals surface area contributed by atoms with Gasteiger partial charge in [0.1, 0.15) is 0 Å². The Morgan fingerprint density at radius 3 is 2.92 bits per heavy atom. The number of carbonyl (C=O) groups excluding carboxylic acids is 1. The molecule has 0 saturated heterocycles. The third-order valence-corrected chi connectivity index (χ3v) is 4.70. The van der Waals surface area contributed by atoms with Crippen LogP contribution < -0.4 is 5.32 Å². The van der Waals surface area contributed by atoms with Crippen LogP contribution in [0, 0.1) is 0 Å². The third-order valence-electron chi connectivity index (χ3n) is 4.70. The molecule has 136 valence electrons. The van der Waals surface area contributed by atoms with Gasteiger partial charge in [-0.05, 0) is 38.3 Å². The van der Waals surface area contributed by atoms with E-state index in [9.17, 15) is 4.79 Å². The number of aromatic nitrogens is 5. The molecule has 1 atom stereocenters. The van der Waals surface area contributed by atoms with Crippen LogP contribution in [0.1, 0.15) is 55.1 Å². The number of rotatable bonds is 7. The van der Waals surface area contributed by atoms with Crippen LogP contribution >= 0.6 is 0 Å². The number of nitrogens with zero attached hydrogens (tertiary/aromatic N) is 5. The zero-order chi connectivity index (χ0) is 18.1. The van der Waals surface area contributed by atoms with Crippen LogP contribution in [0.2, 0.25) is 0 Å². The number of amides is 1. The summed E-state index contributed by atoms with van der Waals surface area (Å²) in [6.07, 6.45) is 8.68. The van der Waals surface area contributed by atoms with E-state index in [2.05, 4.69) is 22.4 Å². The van der Waals surface area contributed by atoms with Gasteiger partial charge in [0.05, 0.1) is 23.7 Å². The van der Waals surface area contributed by atoms with Crippen molar-refractivity contribution in [1.29, 1.82) is 0 Å². The minimum atomic E-state index is -0.0741. The van der Waals surface area contributed by atoms with Gasteiger partial charge in [-0.1, -0.05) is 6.92 Å². The van der Waals surface area contributed by atoms with E-state index < -0.39 is 0 Å². The largest absolute Gasteiger partial charge is 0.348 e. The predicted molar refractivity (Wildman–Crippen MR) is 98.9 cm³/mol. The molecule has 3 heterocycles. The van der Waals surface area contributed by atoms with E-state index >= 15 is 0 Å². The first-order valence-electron chi connectivity index (χ1n) is 9.30. The second-order valence-electron chi connectivity index (χ2n) is 7.08. The maximum absolute atomic E-state index is 13.0. The van der Waals surface area contributed by atoms with Crippen LogP contribution in [-0.4, -0.2) is 36.5 Å². The minimum absolute atomic E-state index is 0.0272. The molecule has 1 N–H and O–H groups in total. The molecule has 0 spiro atoms. The zero-order valence-corrected chi connectivity index (χ0v) is 15.2. The summed E-state index contributed by atoms with van der Waals surface area (Å²) >= 11 is 0. The van der Waals surface area contributed by atoms with Gasteiger partial charge < -0.3 is 5.32 Å². The first-order chi connectivity index (χ1) is 12.7. The minimum Gasteiger partial charge on any atom is -0.348 e. The van der Waals surface area contributed by atoms with Crippen molar-refractivity contribution in [3.63, 3.8) is 0 Å². The molecule has 7 nitrogen and oxygen atoms in total. The first-order valence-corrected chi connectivity index (χ1v) is 9.30. The highest BCUT2D eigenvalue weighted by Crippen LogP contribution is 2.40. The van der Waals surface area contributed by atoms with Gasteiger partial charge in [-0.15, -0.1) is 0 Å². The smallest absolute Gasteiger partial charge is 0.252 e. The molecule has 0 radical (unpaired) electrons. The van der Waals surface area contributed by atoms with E-state index in [-0.39, 0.29) is 11.9 Å². The van der Waals surface area contributed by atoms with Crippen LogP contribution in [0.15, 0.2) is 30.7 Å². The second-order valence-corrected chi connectivity index (χ2v) is 7.08. The van der Waals surface area contributed by atoms with E-state index in [0.29, 0.717) is 18.0 Å². The lowest BCUT2D eigenvalue weighted by molar-refractivity contribution is 0.0937. The molecule has 0 aromatic carbocycles. The molecule has 1 amide bonds. The molecule has 1 aliphatic carbocycles. The number of pyridine rings is 1. The molecule has 4 rings (SSSR count). The summed E-state index contributed by atoms with van der Waals surface area (Å²) in [6.45, 7) is 5.54. The predicted octanol–water partition coefficient (Wildman–Crippen LogP) is 2.73. The molecule has 1 saturated carbocycles. The Kier molecular flexibility index (Phi) is 4.44. The fourth-order valence-electron chi connectivity index (χ4n) is 3.25. The summed E-state index contributed by atoms with van der Waals surface area (Å²) in [5, 5.41) is 12.6. The van der Waals surface area contributed by atoms with Gasteiger partial charge in [-0.2, -0.15) is 10.2 Å². The summed E-state index contributed by atoms with van der Waals surface area (Å²) < 4.78 is 3.73. The van der Waals surface area contributed by atoms with Gasteiger partial charge >= 0.3 is 0 Å². The Labute approximate surface area is 152 Å². The van der Waals surface area contributed by atoms with E-state index in [1.807, 2.05) is 34.6 Å². The maximum atomic E-state index is 13.0. The number of hydrogen-bond donors (Lipinski definition) is 1. The van der Waals surface area contributed by atoms with Crippen molar-refractivity contribution in [3.05, 3.63) is 42.0 Å². The van der Waals surface area contributed by atoms with Gasteiger partial charge in [0, 0.05) is 36.6 Å². The lowest BCUT2D eigenvalue weighted by atomic mass is 10.1. The van der Waals surface area contributed by atoms with E-state index in [1.165, 1.54) is 0 Å². The third kappa shape index (κ3) is 3.34. The van der Waals surface area contributed by atoms with E-state index in [1.54, 1.807) is 12.4 Å². The molecule has 3 aromatic heterocycles. The van der Waals surface area contributed by atoms with Crippen molar-refractivity contribution in [2.24, 2.45) is 0 Å². The van der Waals surface area contributed by atoms with Gasteiger partial charge in [-0.3, -0.25) is 9.48 Å². The molecule has 7 heteroatoms. The van der Waals surface area contributed by atoms with Crippen LogP contribution in [-0.2, 0) is 13.1 Å². The first kappa shape index (κ1) is 16.8. The van der Waals surface area contributed by atoms with Gasteiger partial charge in [0.25, 0.3) is 5.91 Å². The average Bonchev–Trinajstić information content (AvgIpc) is 3.21. The fourth-order valence-corrected chi connectivity index (χ4v) is 3.25. The molecular weight excluding hydrogens is 328 g/mol. The Hall–Kier alpha value is -2.70. The van der Waals surface area contributed by atoms with Crippen molar-refractivity contribution >= 4 is 16.9 Å². The van der Waals surface area contributed by atoms with Crippen LogP contribution in [0.5, 0.6) is 0 Å². The van der Waals surface area contributed by atoms with Gasteiger partial charge in [0.15, 0.2) is 5.65 Å². The Morgan fingerprint density at radius 1 is 1.38 bits per heavy atom. The molecule has 1 fully saturated rings. The monoisotopic (exact) mass is 352 g/mol. The van der Waals surface area contributed by atoms with Gasteiger partial charge in [-0.25, -0.2) is 9.67 Å². The van der Waals surface area contributed by atoms with Crippen molar-refractivity contribution in [3.8, 4) is 0 Å². The molecule has 0 bridgehead atoms. The summed E-state index contributed by atoms with van der Waals surface area (Å²) in [5.41, 5.74) is 2.51. The summed E-state index contributed by atoms with van der Waals surface area (Å²) in [6, 6.07) is 3.81. The number of fused-ring (bicyclic) bond motifs is 1. The number of carbonyl (C=O) groups is 1. The highest BCUT2D eigenvalue weighted by molar-refractivity contribution is 6.05.